The van der Waals surface area contributed by atoms with Gasteiger partial charge in [0.25, 0.3) is 0 Å². The van der Waals surface area contributed by atoms with Crippen LogP contribution in [-0.4, -0.2) is 44.7 Å². The average molecular weight is 1060 g/mol. The van der Waals surface area contributed by atoms with Crippen molar-refractivity contribution in [3.05, 3.63) is 147 Å². The van der Waals surface area contributed by atoms with Gasteiger partial charge in [0.15, 0.2) is 5.13 Å². The van der Waals surface area contributed by atoms with Crippen molar-refractivity contribution in [2.75, 3.05) is 5.32 Å². The van der Waals surface area contributed by atoms with Gasteiger partial charge in [-0.25, -0.2) is 14.5 Å². The van der Waals surface area contributed by atoms with E-state index >= 15 is 0 Å². The fourth-order valence-electron chi connectivity index (χ4n) is 5.41. The quantitative estimate of drug-likeness (QED) is 0.161. The lowest BCUT2D eigenvalue weighted by Gasteiger charge is -1.91. The van der Waals surface area contributed by atoms with Gasteiger partial charge in [0.1, 0.15) is 39.6 Å². The van der Waals surface area contributed by atoms with Gasteiger partial charge < -0.3 is 14.4 Å². The standard InChI is InChI=1S/C8H11NO.C7H10N2OS.C7H6N2S.C6H9ClN2.C6H9NO.C5H5ClS.C5H8N2.C5H6S.CH4/c1-5-6(2)10-9-8(5)7-3-4-7;1-4-5(2)11-7(8-4)9-6(3)10;1-5-3-2-4-6-7(5)9-10-8-6;1-4-5(2)8-9(3)6(4)7;1-4-5(2)7-8-6(4)3;1-4-2-5(6)3-7-4;1-5-3-7(2)4-6-5;1-5-3-2-4-6-5;/h7H,3-4H2,1-2H3;1-3H3,(H,8,9,10);2-4H,1H3;1-3H3;1-3H3;2-3H,1H3;3-4H,1-2H3;2-4H,1H3;1H4/p+1. The lowest BCUT2D eigenvalue weighted by atomic mass is 10.1. The Labute approximate surface area is 434 Å². The predicted octanol–water partition coefficient (Wildman–Crippen LogP) is 14.7. The van der Waals surface area contributed by atoms with E-state index in [9.17, 15) is 4.79 Å². The zero-order valence-corrected chi connectivity index (χ0v) is 46.7. The van der Waals surface area contributed by atoms with E-state index in [2.05, 4.69) is 70.8 Å². The topological polar surface area (TPSA) is 157 Å². The highest BCUT2D eigenvalue weighted by molar-refractivity contribution is 7.15. The molecule has 0 saturated heterocycles. The highest BCUT2D eigenvalue weighted by atomic mass is 35.5. The smallest absolute Gasteiger partial charge is 0.241 e. The number of thiophene rings is 2. The van der Waals surface area contributed by atoms with Crippen molar-refractivity contribution in [1.82, 2.24) is 38.8 Å². The summed E-state index contributed by atoms with van der Waals surface area (Å²) in [6, 6.07) is 12.1. The van der Waals surface area contributed by atoms with Gasteiger partial charge in [-0.15, -0.1) is 34.0 Å². The molecule has 0 bridgehead atoms. The summed E-state index contributed by atoms with van der Waals surface area (Å²) in [4.78, 5) is 21.6. The number of carbonyl (C=O) groups excluding carboxylic acids is 1. The summed E-state index contributed by atoms with van der Waals surface area (Å²) < 4.78 is 21.8. The van der Waals surface area contributed by atoms with Crippen LogP contribution in [0.25, 0.3) is 11.0 Å². The zero-order chi connectivity index (χ0) is 50.7. The van der Waals surface area contributed by atoms with E-state index in [0.29, 0.717) is 5.13 Å². The number of nitrogens with zero attached hydrogens (tertiary/aromatic N) is 8. The number of hydrogen-bond acceptors (Lipinski definition) is 13. The fraction of sp³-hybridized carbons (Fsp3) is 0.400. The van der Waals surface area contributed by atoms with Crippen molar-refractivity contribution in [2.45, 2.75) is 123 Å². The Morgan fingerprint density at radius 3 is 1.80 bits per heavy atom. The maximum atomic E-state index is 10.6. The Bertz CT molecular complexity index is 2750. The summed E-state index contributed by atoms with van der Waals surface area (Å²) in [6.07, 6.45) is 6.54. The van der Waals surface area contributed by atoms with E-state index in [1.165, 1.54) is 75.1 Å². The van der Waals surface area contributed by atoms with Crippen molar-refractivity contribution in [2.24, 2.45) is 14.1 Å². The molecule has 1 amide bonds. The average Bonchev–Trinajstić information content (AvgIpc) is 4.00. The van der Waals surface area contributed by atoms with Gasteiger partial charge in [0, 0.05) is 63.5 Å². The molecule has 0 atom stereocenters. The number of rotatable bonds is 2. The molecular formula is C50H69Cl2N10O3S4+. The maximum absolute atomic E-state index is 10.6. The molecule has 0 unspecified atom stereocenters. The normalized spacial score (nSPS) is 10.8. The molecular weight excluding hydrogens is 988 g/mol. The van der Waals surface area contributed by atoms with Gasteiger partial charge in [0.2, 0.25) is 12.2 Å². The molecule has 8 aromatic heterocycles. The summed E-state index contributed by atoms with van der Waals surface area (Å²) >= 11 is 17.6. The van der Waals surface area contributed by atoms with Crippen LogP contribution in [0.4, 0.5) is 5.13 Å². The van der Waals surface area contributed by atoms with Crippen LogP contribution in [0.3, 0.4) is 0 Å². The minimum atomic E-state index is -0.0706. The highest BCUT2D eigenvalue weighted by Crippen LogP contribution is 2.41. The second-order valence-corrected chi connectivity index (χ2v) is 20.8. The summed E-state index contributed by atoms with van der Waals surface area (Å²) in [6.45, 7) is 27.4. The number of anilines is 1. The fourth-order valence-corrected chi connectivity index (χ4v) is 8.49. The van der Waals surface area contributed by atoms with E-state index in [1.807, 2.05) is 137 Å². The van der Waals surface area contributed by atoms with Gasteiger partial charge in [-0.2, -0.15) is 13.8 Å². The molecule has 10 rings (SSSR count). The first-order valence-electron chi connectivity index (χ1n) is 21.7. The van der Waals surface area contributed by atoms with Crippen LogP contribution >= 0.6 is 68.9 Å². The van der Waals surface area contributed by atoms with Crippen LogP contribution < -0.4 is 9.88 Å². The van der Waals surface area contributed by atoms with E-state index in [4.69, 9.17) is 32.2 Å². The zero-order valence-electron chi connectivity index (χ0n) is 42.0. The molecule has 0 radical (unpaired) electrons. The number of hydrogen-bond donors (Lipinski definition) is 2. The first-order valence-corrected chi connectivity index (χ1v) is 25.7. The Hall–Kier alpha value is -5.04. The molecule has 0 spiro atoms. The third-order valence-electron chi connectivity index (χ3n) is 10.0. The van der Waals surface area contributed by atoms with Crippen molar-refractivity contribution < 1.29 is 18.4 Å². The monoisotopic (exact) mass is 1060 g/mol. The van der Waals surface area contributed by atoms with Crippen LogP contribution in [0.5, 0.6) is 0 Å². The van der Waals surface area contributed by atoms with Crippen LogP contribution in [0.1, 0.15) is 110 Å². The second kappa shape index (κ2) is 29.9. The van der Waals surface area contributed by atoms with Crippen molar-refractivity contribution in [3.63, 3.8) is 0 Å². The third kappa shape index (κ3) is 21.2. The molecule has 1 aliphatic carbocycles. The summed E-state index contributed by atoms with van der Waals surface area (Å²) in [5, 5.41) is 20.7. The molecule has 0 aliphatic heterocycles. The molecule has 13 nitrogen and oxygen atoms in total. The summed E-state index contributed by atoms with van der Waals surface area (Å²) in [5.41, 5.74) is 12.1. The summed E-state index contributed by atoms with van der Waals surface area (Å²) in [7, 11) is 3.83. The number of aromatic nitrogens is 9. The molecule has 9 aromatic rings. The SMILES string of the molecule is C.CC(=O)Nc1nc(C)c(C)s1.Cc1c[n+](C)c[nH]1.Cc1cc(Cl)cs1.Cc1cccc2nsnc12.Cc1cccs1.Cc1nn(C)c(Cl)c1C.Cc1noc(C)c1C.Cc1onc(C2CC2)c1C. The van der Waals surface area contributed by atoms with Crippen molar-refractivity contribution in [1.29, 1.82) is 0 Å². The Morgan fingerprint density at radius 2 is 1.49 bits per heavy atom. The maximum Gasteiger partial charge on any atom is 0.241 e. The molecule has 69 heavy (non-hydrogen) atoms. The molecule has 2 N–H and O–H groups in total. The van der Waals surface area contributed by atoms with E-state index < -0.39 is 0 Å². The number of thiazole rings is 1. The van der Waals surface area contributed by atoms with Gasteiger partial charge in [0.05, 0.1) is 46.6 Å². The number of H-pyrrole nitrogens is 1. The van der Waals surface area contributed by atoms with Gasteiger partial charge in [-0.05, 0) is 125 Å². The van der Waals surface area contributed by atoms with Crippen LogP contribution in [0.15, 0.2) is 68.7 Å². The number of halogens is 2. The van der Waals surface area contributed by atoms with Gasteiger partial charge >= 0.3 is 0 Å². The number of aryl methyl sites for hydroxylation is 12. The van der Waals surface area contributed by atoms with Crippen molar-refractivity contribution in [3.8, 4) is 0 Å². The number of carbonyl (C=O) groups is 1. The molecule has 8 heterocycles. The number of fused-ring (bicyclic) bond motifs is 1. The van der Waals surface area contributed by atoms with Gasteiger partial charge in [-0.1, -0.05) is 59.1 Å². The first-order chi connectivity index (χ1) is 32.1. The van der Waals surface area contributed by atoms with Crippen LogP contribution in [0, 0.1) is 90.0 Å². The number of amides is 1. The van der Waals surface area contributed by atoms with E-state index in [0.717, 1.165) is 71.7 Å². The van der Waals surface area contributed by atoms with Crippen LogP contribution in [0.2, 0.25) is 10.2 Å². The number of nitrogens with one attached hydrogen (secondary N) is 2. The highest BCUT2D eigenvalue weighted by Gasteiger charge is 2.29. The van der Waals surface area contributed by atoms with Gasteiger partial charge in [-0.3, -0.25) is 9.48 Å². The number of imidazole rings is 1. The molecule has 374 valence electrons. The minimum Gasteiger partial charge on any atom is -0.361 e. The number of aromatic amines is 1. The number of benzene rings is 1. The Kier molecular flexibility index (Phi) is 26.0. The Balaban J connectivity index is 0.000000272. The summed E-state index contributed by atoms with van der Waals surface area (Å²) in [5.74, 6) is 2.54. The predicted molar refractivity (Wildman–Crippen MR) is 291 cm³/mol. The lowest BCUT2D eigenvalue weighted by molar-refractivity contribution is -0.670. The van der Waals surface area contributed by atoms with Crippen molar-refractivity contribution >= 4 is 91.0 Å². The molecule has 1 aliphatic rings. The first kappa shape index (κ1) is 60.1. The largest absolute Gasteiger partial charge is 0.361 e. The Morgan fingerprint density at radius 1 is 0.826 bits per heavy atom. The molecule has 1 aromatic carbocycles. The van der Waals surface area contributed by atoms with Crippen LogP contribution in [-0.2, 0) is 18.9 Å². The molecule has 1 saturated carbocycles. The molecule has 1 fully saturated rings. The third-order valence-corrected chi connectivity index (χ3v) is 14.1. The molecule has 19 heteroatoms. The minimum absolute atomic E-state index is 0. The van der Waals surface area contributed by atoms with E-state index in [-0.39, 0.29) is 13.3 Å². The lowest BCUT2D eigenvalue weighted by Crippen LogP contribution is -2.22. The second-order valence-electron chi connectivity index (χ2n) is 16.0. The van der Waals surface area contributed by atoms with E-state index in [1.54, 1.807) is 27.4 Å².